The highest BCUT2D eigenvalue weighted by molar-refractivity contribution is 7.92. The number of hydrogen-bond acceptors (Lipinski definition) is 5. The third-order valence-electron chi connectivity index (χ3n) is 4.59. The van der Waals surface area contributed by atoms with E-state index in [1.807, 2.05) is 26.0 Å². The first-order valence-electron chi connectivity index (χ1n) is 9.39. The molecule has 160 valence electrons. The smallest absolute Gasteiger partial charge is 0.261 e. The fourth-order valence-electron chi connectivity index (χ4n) is 2.84. The van der Waals surface area contributed by atoms with Crippen molar-refractivity contribution < 1.29 is 18.0 Å². The second-order valence-corrected chi connectivity index (χ2v) is 8.66. The molecule has 0 radical (unpaired) electrons. The summed E-state index contributed by atoms with van der Waals surface area (Å²) in [6, 6.07) is 12.7. The van der Waals surface area contributed by atoms with Crippen LogP contribution in [0.4, 0.5) is 17.1 Å². The fraction of sp³-hybridized carbons (Fsp3) is 0.136. The summed E-state index contributed by atoms with van der Waals surface area (Å²) in [6.07, 6.45) is 2.68. The van der Waals surface area contributed by atoms with E-state index in [9.17, 15) is 18.0 Å². The van der Waals surface area contributed by atoms with Gasteiger partial charge in [0, 0.05) is 24.5 Å². The summed E-state index contributed by atoms with van der Waals surface area (Å²) < 4.78 is 27.7. The van der Waals surface area contributed by atoms with Crippen molar-refractivity contribution in [3.8, 4) is 0 Å². The van der Waals surface area contributed by atoms with Crippen LogP contribution in [0.25, 0.3) is 0 Å². The monoisotopic (exact) mass is 438 g/mol. The highest BCUT2D eigenvalue weighted by atomic mass is 32.2. The molecule has 1 heterocycles. The highest BCUT2D eigenvalue weighted by Crippen LogP contribution is 2.21. The number of nitrogens with one attached hydrogen (secondary N) is 3. The first kappa shape index (κ1) is 22.0. The van der Waals surface area contributed by atoms with Crippen LogP contribution >= 0.6 is 0 Å². The molecule has 9 heteroatoms. The van der Waals surface area contributed by atoms with Gasteiger partial charge in [-0.05, 0) is 61.4 Å². The van der Waals surface area contributed by atoms with Crippen molar-refractivity contribution in [1.29, 1.82) is 0 Å². The molecular weight excluding hydrogens is 416 g/mol. The van der Waals surface area contributed by atoms with E-state index in [1.165, 1.54) is 49.6 Å². The molecule has 0 saturated carbocycles. The van der Waals surface area contributed by atoms with Gasteiger partial charge in [0.25, 0.3) is 15.9 Å². The molecule has 8 nitrogen and oxygen atoms in total. The molecule has 3 N–H and O–H groups in total. The number of aryl methyl sites for hydroxylation is 1. The number of carbonyl (C=O) groups is 2. The Morgan fingerprint density at radius 2 is 1.61 bits per heavy atom. The minimum Gasteiger partial charge on any atom is -0.326 e. The van der Waals surface area contributed by atoms with Gasteiger partial charge in [0.05, 0.1) is 22.3 Å². The predicted molar refractivity (Wildman–Crippen MR) is 120 cm³/mol. The van der Waals surface area contributed by atoms with Gasteiger partial charge in [-0.1, -0.05) is 12.1 Å². The summed E-state index contributed by atoms with van der Waals surface area (Å²) in [7, 11) is -3.91. The Bertz CT molecular complexity index is 1240. The van der Waals surface area contributed by atoms with Crippen LogP contribution in [-0.4, -0.2) is 25.2 Å². The van der Waals surface area contributed by atoms with Crippen molar-refractivity contribution in [2.75, 3.05) is 15.4 Å². The minimum atomic E-state index is -3.91. The molecule has 2 amide bonds. The molecule has 3 rings (SSSR count). The van der Waals surface area contributed by atoms with E-state index in [4.69, 9.17) is 0 Å². The third kappa shape index (κ3) is 5.46. The summed E-state index contributed by atoms with van der Waals surface area (Å²) >= 11 is 0. The van der Waals surface area contributed by atoms with Crippen molar-refractivity contribution in [3.05, 3.63) is 77.6 Å². The lowest BCUT2D eigenvalue weighted by atomic mass is 10.1. The number of hydrogen-bond donors (Lipinski definition) is 3. The zero-order valence-corrected chi connectivity index (χ0v) is 18.1. The molecule has 0 aliphatic carbocycles. The molecule has 1 aromatic heterocycles. The lowest BCUT2D eigenvalue weighted by Gasteiger charge is -2.12. The summed E-state index contributed by atoms with van der Waals surface area (Å²) in [5.41, 5.74) is 3.51. The number of amides is 2. The Labute approximate surface area is 180 Å². The van der Waals surface area contributed by atoms with Gasteiger partial charge in [0.15, 0.2) is 0 Å². The molecule has 2 aromatic carbocycles. The normalized spacial score (nSPS) is 10.9. The van der Waals surface area contributed by atoms with Gasteiger partial charge in [-0.3, -0.25) is 19.3 Å². The molecule has 0 spiro atoms. The lowest BCUT2D eigenvalue weighted by molar-refractivity contribution is -0.114. The van der Waals surface area contributed by atoms with Crippen LogP contribution in [-0.2, 0) is 14.8 Å². The highest BCUT2D eigenvalue weighted by Gasteiger charge is 2.16. The number of rotatable bonds is 6. The van der Waals surface area contributed by atoms with Crippen molar-refractivity contribution in [1.82, 2.24) is 4.98 Å². The number of benzene rings is 2. The Hall–Kier alpha value is -3.72. The first-order chi connectivity index (χ1) is 14.7. The van der Waals surface area contributed by atoms with E-state index >= 15 is 0 Å². The maximum absolute atomic E-state index is 12.7. The molecule has 0 bridgehead atoms. The Balaban J connectivity index is 1.77. The van der Waals surface area contributed by atoms with Crippen LogP contribution < -0.4 is 15.4 Å². The van der Waals surface area contributed by atoms with Gasteiger partial charge >= 0.3 is 0 Å². The Morgan fingerprint density at radius 1 is 0.903 bits per heavy atom. The number of carbonyl (C=O) groups excluding carboxylic acids is 2. The van der Waals surface area contributed by atoms with E-state index < -0.39 is 15.9 Å². The van der Waals surface area contributed by atoms with Crippen LogP contribution in [0.5, 0.6) is 0 Å². The molecule has 3 aromatic rings. The van der Waals surface area contributed by atoms with Crippen LogP contribution in [0, 0.1) is 13.8 Å². The van der Waals surface area contributed by atoms with E-state index in [1.54, 1.807) is 6.07 Å². The number of pyridine rings is 1. The van der Waals surface area contributed by atoms with Gasteiger partial charge in [-0.2, -0.15) is 0 Å². The maximum atomic E-state index is 12.7. The van der Waals surface area contributed by atoms with Crippen LogP contribution in [0.3, 0.4) is 0 Å². The molecule has 0 aliphatic heterocycles. The second kappa shape index (κ2) is 8.97. The van der Waals surface area contributed by atoms with Crippen molar-refractivity contribution in [3.63, 3.8) is 0 Å². The van der Waals surface area contributed by atoms with Gasteiger partial charge in [-0.25, -0.2) is 8.42 Å². The molecule has 0 atom stereocenters. The van der Waals surface area contributed by atoms with Gasteiger partial charge in [-0.15, -0.1) is 0 Å². The summed E-state index contributed by atoms with van der Waals surface area (Å²) in [6.45, 7) is 5.22. The SMILES string of the molecule is CC(=O)Nc1ccc(S(=O)(=O)Nc2cncc(C(=O)Nc3cccc(C)c3C)c2)cc1. The molecule has 0 saturated heterocycles. The number of sulfonamides is 1. The maximum Gasteiger partial charge on any atom is 0.261 e. The van der Waals surface area contributed by atoms with Crippen LogP contribution in [0.2, 0.25) is 0 Å². The number of nitrogens with zero attached hydrogens (tertiary/aromatic N) is 1. The van der Waals surface area contributed by atoms with E-state index in [-0.39, 0.29) is 22.1 Å². The number of aromatic nitrogens is 1. The Kier molecular flexibility index (Phi) is 6.36. The van der Waals surface area contributed by atoms with E-state index in [2.05, 4.69) is 20.3 Å². The van der Waals surface area contributed by atoms with Crippen molar-refractivity contribution in [2.45, 2.75) is 25.7 Å². The molecule has 0 aliphatic rings. The first-order valence-corrected chi connectivity index (χ1v) is 10.9. The zero-order chi connectivity index (χ0) is 22.6. The number of anilines is 3. The zero-order valence-electron chi connectivity index (χ0n) is 17.3. The molecule has 0 unspecified atom stereocenters. The fourth-order valence-corrected chi connectivity index (χ4v) is 3.87. The average molecular weight is 439 g/mol. The quantitative estimate of drug-likeness (QED) is 0.542. The van der Waals surface area contributed by atoms with Crippen molar-refractivity contribution >= 4 is 38.9 Å². The topological polar surface area (TPSA) is 117 Å². The van der Waals surface area contributed by atoms with E-state index in [0.29, 0.717) is 11.4 Å². The summed E-state index contributed by atoms with van der Waals surface area (Å²) in [4.78, 5) is 27.7. The van der Waals surface area contributed by atoms with E-state index in [0.717, 1.165) is 11.1 Å². The van der Waals surface area contributed by atoms with Gasteiger partial charge < -0.3 is 10.6 Å². The average Bonchev–Trinajstić information content (AvgIpc) is 2.71. The van der Waals surface area contributed by atoms with Gasteiger partial charge in [0.2, 0.25) is 5.91 Å². The minimum absolute atomic E-state index is 0.00634. The third-order valence-corrected chi connectivity index (χ3v) is 5.99. The van der Waals surface area contributed by atoms with Gasteiger partial charge in [0.1, 0.15) is 0 Å². The standard InChI is InChI=1S/C22H22N4O4S/c1-14-5-4-6-21(15(14)2)25-22(28)17-11-19(13-23-12-17)26-31(29,30)20-9-7-18(8-10-20)24-16(3)27/h4-13,26H,1-3H3,(H,24,27)(H,25,28). The summed E-state index contributed by atoms with van der Waals surface area (Å²) in [5.74, 6) is -0.655. The molecule has 0 fully saturated rings. The molecule has 31 heavy (non-hydrogen) atoms. The molecular formula is C22H22N4O4S. The second-order valence-electron chi connectivity index (χ2n) is 6.97. The largest absolute Gasteiger partial charge is 0.326 e. The van der Waals surface area contributed by atoms with Crippen LogP contribution in [0.1, 0.15) is 28.4 Å². The predicted octanol–water partition coefficient (Wildman–Crippen LogP) is 3.71. The summed E-state index contributed by atoms with van der Waals surface area (Å²) in [5, 5.41) is 5.39. The lowest BCUT2D eigenvalue weighted by Crippen LogP contribution is -2.16. The van der Waals surface area contributed by atoms with Crippen LogP contribution in [0.15, 0.2) is 65.8 Å². The Morgan fingerprint density at radius 3 is 2.29 bits per heavy atom. The van der Waals surface area contributed by atoms with Crippen molar-refractivity contribution in [2.24, 2.45) is 0 Å².